The first kappa shape index (κ1) is 20.8. The standard InChI is InChI=1S/C22H21F3N4O2/c1-31-19-9-7-17(8-10-19)29-18(12-20(28-29)22(23,24)25)13-26-21(30)27-16-6-5-14-3-2-4-15(14)11-16/h5-12H,2-4,13H2,1H3,(H2,26,27,30). The van der Waals surface area contributed by atoms with Crippen LogP contribution in [0.15, 0.2) is 48.5 Å². The summed E-state index contributed by atoms with van der Waals surface area (Å²) in [5.41, 5.74) is 2.74. The Morgan fingerprint density at radius 2 is 1.84 bits per heavy atom. The zero-order valence-corrected chi connectivity index (χ0v) is 16.8. The molecule has 6 nitrogen and oxygen atoms in total. The van der Waals surface area contributed by atoms with E-state index in [1.165, 1.54) is 18.2 Å². The van der Waals surface area contributed by atoms with Gasteiger partial charge in [0, 0.05) is 5.69 Å². The minimum Gasteiger partial charge on any atom is -0.497 e. The number of aromatic nitrogens is 2. The number of nitrogens with one attached hydrogen (secondary N) is 2. The zero-order valence-electron chi connectivity index (χ0n) is 16.8. The number of rotatable bonds is 5. The predicted molar refractivity (Wildman–Crippen MR) is 109 cm³/mol. The Morgan fingerprint density at radius 1 is 1.10 bits per heavy atom. The molecule has 2 aromatic carbocycles. The molecule has 2 amide bonds. The molecule has 4 rings (SSSR count). The summed E-state index contributed by atoms with van der Waals surface area (Å²) in [5.74, 6) is 0.570. The number of amides is 2. The van der Waals surface area contributed by atoms with E-state index < -0.39 is 17.9 Å². The van der Waals surface area contributed by atoms with Gasteiger partial charge in [0.2, 0.25) is 0 Å². The Hall–Kier alpha value is -3.49. The number of fused-ring (bicyclic) bond motifs is 1. The molecule has 0 unspecified atom stereocenters. The molecule has 2 N–H and O–H groups in total. The van der Waals surface area contributed by atoms with Crippen LogP contribution in [-0.2, 0) is 25.6 Å². The number of carbonyl (C=O) groups is 1. The van der Waals surface area contributed by atoms with Gasteiger partial charge >= 0.3 is 12.2 Å². The molecule has 0 aliphatic heterocycles. The lowest BCUT2D eigenvalue weighted by Gasteiger charge is -2.11. The number of anilines is 1. The van der Waals surface area contributed by atoms with Crippen molar-refractivity contribution in [3.63, 3.8) is 0 Å². The highest BCUT2D eigenvalue weighted by Crippen LogP contribution is 2.30. The molecule has 162 valence electrons. The molecule has 1 heterocycles. The van der Waals surface area contributed by atoms with Crippen LogP contribution >= 0.6 is 0 Å². The Labute approximate surface area is 177 Å². The highest BCUT2D eigenvalue weighted by molar-refractivity contribution is 5.89. The molecule has 0 radical (unpaired) electrons. The molecule has 31 heavy (non-hydrogen) atoms. The number of methoxy groups -OCH3 is 1. The monoisotopic (exact) mass is 430 g/mol. The van der Waals surface area contributed by atoms with E-state index in [2.05, 4.69) is 15.7 Å². The predicted octanol–water partition coefficient (Wildman–Crippen LogP) is 4.71. The molecule has 1 aromatic heterocycles. The lowest BCUT2D eigenvalue weighted by atomic mass is 10.1. The molecular formula is C22H21F3N4O2. The summed E-state index contributed by atoms with van der Waals surface area (Å²) in [5, 5.41) is 9.03. The second-order valence-electron chi connectivity index (χ2n) is 7.27. The van der Waals surface area contributed by atoms with Crippen LogP contribution in [0.3, 0.4) is 0 Å². The molecule has 3 aromatic rings. The van der Waals surface area contributed by atoms with Crippen molar-refractivity contribution in [3.05, 3.63) is 71.0 Å². The van der Waals surface area contributed by atoms with E-state index in [1.54, 1.807) is 24.3 Å². The molecule has 0 spiro atoms. The van der Waals surface area contributed by atoms with Gasteiger partial charge in [-0.2, -0.15) is 18.3 Å². The molecule has 0 saturated heterocycles. The van der Waals surface area contributed by atoms with E-state index in [9.17, 15) is 18.0 Å². The second-order valence-corrected chi connectivity index (χ2v) is 7.27. The van der Waals surface area contributed by atoms with Gasteiger partial charge in [0.25, 0.3) is 0 Å². The second kappa shape index (κ2) is 8.33. The number of urea groups is 1. The number of halogens is 3. The maximum atomic E-state index is 13.2. The Bertz CT molecular complexity index is 1090. The number of ether oxygens (including phenoxy) is 1. The van der Waals surface area contributed by atoms with Crippen molar-refractivity contribution in [2.75, 3.05) is 12.4 Å². The highest BCUT2D eigenvalue weighted by atomic mass is 19.4. The van der Waals surface area contributed by atoms with Crippen LogP contribution in [0.4, 0.5) is 23.7 Å². The first-order valence-electron chi connectivity index (χ1n) is 9.81. The average molecular weight is 430 g/mol. The highest BCUT2D eigenvalue weighted by Gasteiger charge is 2.35. The number of benzene rings is 2. The van der Waals surface area contributed by atoms with Crippen molar-refractivity contribution in [2.45, 2.75) is 32.0 Å². The van der Waals surface area contributed by atoms with Crippen LogP contribution in [0.25, 0.3) is 5.69 Å². The Balaban J connectivity index is 1.50. The van der Waals surface area contributed by atoms with E-state index in [0.717, 1.165) is 30.0 Å². The van der Waals surface area contributed by atoms with Crippen molar-refractivity contribution in [2.24, 2.45) is 0 Å². The van der Waals surface area contributed by atoms with Crippen molar-refractivity contribution < 1.29 is 22.7 Å². The normalized spacial score (nSPS) is 13.0. The summed E-state index contributed by atoms with van der Waals surface area (Å²) in [6.45, 7) is -0.133. The molecule has 0 atom stereocenters. The quantitative estimate of drug-likeness (QED) is 0.616. The maximum Gasteiger partial charge on any atom is 0.435 e. The van der Waals surface area contributed by atoms with Crippen LogP contribution in [0.5, 0.6) is 5.75 Å². The number of hydrogen-bond donors (Lipinski definition) is 2. The van der Waals surface area contributed by atoms with Gasteiger partial charge in [-0.25, -0.2) is 9.48 Å². The van der Waals surface area contributed by atoms with Crippen LogP contribution in [-0.4, -0.2) is 22.9 Å². The molecule has 0 saturated carbocycles. The minimum absolute atomic E-state index is 0.133. The fourth-order valence-corrected chi connectivity index (χ4v) is 3.63. The third-order valence-corrected chi connectivity index (χ3v) is 5.18. The molecule has 1 aliphatic carbocycles. The van der Waals surface area contributed by atoms with Gasteiger partial charge in [-0.1, -0.05) is 6.07 Å². The fourth-order valence-electron chi connectivity index (χ4n) is 3.63. The largest absolute Gasteiger partial charge is 0.497 e. The SMILES string of the molecule is COc1ccc(-n2nc(C(F)(F)F)cc2CNC(=O)Nc2ccc3c(c2)CCC3)cc1. The van der Waals surface area contributed by atoms with Crippen LogP contribution in [0, 0.1) is 0 Å². The van der Waals surface area contributed by atoms with Gasteiger partial charge in [0.15, 0.2) is 5.69 Å². The van der Waals surface area contributed by atoms with E-state index >= 15 is 0 Å². The number of carbonyl (C=O) groups excluding carboxylic acids is 1. The molecule has 0 bridgehead atoms. The Kier molecular flexibility index (Phi) is 5.58. The van der Waals surface area contributed by atoms with Crippen LogP contribution < -0.4 is 15.4 Å². The third kappa shape index (κ3) is 4.65. The van der Waals surface area contributed by atoms with E-state index in [-0.39, 0.29) is 12.2 Å². The number of alkyl halides is 3. The van der Waals surface area contributed by atoms with E-state index in [4.69, 9.17) is 4.74 Å². The van der Waals surface area contributed by atoms with Crippen LogP contribution in [0.1, 0.15) is 28.9 Å². The van der Waals surface area contributed by atoms with E-state index in [1.807, 2.05) is 18.2 Å². The number of nitrogens with zero attached hydrogens (tertiary/aromatic N) is 2. The summed E-state index contributed by atoms with van der Waals surface area (Å²) in [6, 6.07) is 12.6. The summed E-state index contributed by atoms with van der Waals surface area (Å²) in [6.07, 6.45) is -1.48. The smallest absolute Gasteiger partial charge is 0.435 e. The van der Waals surface area contributed by atoms with Crippen molar-refractivity contribution in [1.29, 1.82) is 0 Å². The molecule has 1 aliphatic rings. The molecule has 9 heteroatoms. The minimum atomic E-state index is -4.60. The average Bonchev–Trinajstić information content (AvgIpc) is 3.39. The summed E-state index contributed by atoms with van der Waals surface area (Å²) in [7, 11) is 1.50. The van der Waals surface area contributed by atoms with E-state index in [0.29, 0.717) is 17.1 Å². The lowest BCUT2D eigenvalue weighted by Crippen LogP contribution is -2.29. The fraction of sp³-hybridized carbons (Fsp3) is 0.273. The van der Waals surface area contributed by atoms with Gasteiger partial charge in [-0.15, -0.1) is 0 Å². The van der Waals surface area contributed by atoms with Gasteiger partial charge in [0.1, 0.15) is 5.75 Å². The van der Waals surface area contributed by atoms with Gasteiger partial charge < -0.3 is 15.4 Å². The maximum absolute atomic E-state index is 13.2. The first-order valence-corrected chi connectivity index (χ1v) is 9.81. The van der Waals surface area contributed by atoms with Crippen molar-refractivity contribution >= 4 is 11.7 Å². The van der Waals surface area contributed by atoms with Crippen molar-refractivity contribution in [1.82, 2.24) is 15.1 Å². The van der Waals surface area contributed by atoms with Gasteiger partial charge in [-0.3, -0.25) is 0 Å². The third-order valence-electron chi connectivity index (χ3n) is 5.18. The lowest BCUT2D eigenvalue weighted by molar-refractivity contribution is -0.141. The molecular weight excluding hydrogens is 409 g/mol. The van der Waals surface area contributed by atoms with Crippen molar-refractivity contribution in [3.8, 4) is 11.4 Å². The molecule has 0 fully saturated rings. The zero-order chi connectivity index (χ0) is 22.0. The number of hydrogen-bond acceptors (Lipinski definition) is 3. The van der Waals surface area contributed by atoms with Gasteiger partial charge in [0.05, 0.1) is 25.0 Å². The Morgan fingerprint density at radius 3 is 2.55 bits per heavy atom. The number of aryl methyl sites for hydroxylation is 2. The summed E-state index contributed by atoms with van der Waals surface area (Å²) in [4.78, 5) is 12.3. The topological polar surface area (TPSA) is 68.2 Å². The summed E-state index contributed by atoms with van der Waals surface area (Å²) < 4.78 is 45.9. The van der Waals surface area contributed by atoms with Gasteiger partial charge in [-0.05, 0) is 72.9 Å². The van der Waals surface area contributed by atoms with Crippen LogP contribution in [0.2, 0.25) is 0 Å². The summed E-state index contributed by atoms with van der Waals surface area (Å²) >= 11 is 0. The first-order chi connectivity index (χ1) is 14.8.